The summed E-state index contributed by atoms with van der Waals surface area (Å²) in [6, 6.07) is 20.5. The third-order valence-corrected chi connectivity index (χ3v) is 4.66. The van der Waals surface area contributed by atoms with Crippen molar-refractivity contribution in [2.75, 3.05) is 6.61 Å². The molecular weight excluding hydrogens is 390 g/mol. The minimum atomic E-state index is -0.573. The van der Waals surface area contributed by atoms with Gasteiger partial charge in [0, 0.05) is 5.02 Å². The molecule has 0 fully saturated rings. The van der Waals surface area contributed by atoms with Gasteiger partial charge in [-0.2, -0.15) is 0 Å². The SMILES string of the molecule is C[C@@H](NC(=O)COC(=O)c1ccc(-c2ccc(O)cc2)cc1)c1ccc(Cl)cc1. The summed E-state index contributed by atoms with van der Waals surface area (Å²) in [5.41, 5.74) is 3.07. The number of aromatic hydroxyl groups is 1. The molecule has 0 heterocycles. The topological polar surface area (TPSA) is 75.6 Å². The van der Waals surface area contributed by atoms with Crippen LogP contribution in [0.1, 0.15) is 28.9 Å². The van der Waals surface area contributed by atoms with Crippen LogP contribution < -0.4 is 5.32 Å². The highest BCUT2D eigenvalue weighted by atomic mass is 35.5. The predicted octanol–water partition coefficient (Wildman–Crippen LogP) is 4.75. The highest BCUT2D eigenvalue weighted by Crippen LogP contribution is 2.22. The molecule has 0 radical (unpaired) electrons. The molecule has 0 saturated heterocycles. The number of phenols is 1. The van der Waals surface area contributed by atoms with Crippen molar-refractivity contribution in [2.45, 2.75) is 13.0 Å². The Labute approximate surface area is 173 Å². The number of amides is 1. The number of carbonyl (C=O) groups excluding carboxylic acids is 2. The van der Waals surface area contributed by atoms with Crippen LogP contribution in [0.25, 0.3) is 11.1 Å². The lowest BCUT2D eigenvalue weighted by molar-refractivity contribution is -0.124. The van der Waals surface area contributed by atoms with Gasteiger partial charge in [-0.25, -0.2) is 4.79 Å². The van der Waals surface area contributed by atoms with Crippen LogP contribution in [0.4, 0.5) is 0 Å². The smallest absolute Gasteiger partial charge is 0.338 e. The second-order valence-corrected chi connectivity index (χ2v) is 6.98. The lowest BCUT2D eigenvalue weighted by atomic mass is 10.0. The number of nitrogens with one attached hydrogen (secondary N) is 1. The first-order valence-corrected chi connectivity index (χ1v) is 9.41. The maximum atomic E-state index is 12.2. The summed E-state index contributed by atoms with van der Waals surface area (Å²) in [4.78, 5) is 24.2. The molecule has 0 aromatic heterocycles. The van der Waals surface area contributed by atoms with Crippen LogP contribution in [0.15, 0.2) is 72.8 Å². The molecule has 6 heteroatoms. The van der Waals surface area contributed by atoms with Gasteiger partial charge in [-0.1, -0.05) is 48.0 Å². The molecule has 0 saturated carbocycles. The maximum absolute atomic E-state index is 12.2. The first-order valence-electron chi connectivity index (χ1n) is 9.04. The molecule has 0 spiro atoms. The van der Waals surface area contributed by atoms with Crippen LogP contribution in [0.2, 0.25) is 5.02 Å². The van der Waals surface area contributed by atoms with Crippen LogP contribution in [0, 0.1) is 0 Å². The zero-order valence-electron chi connectivity index (χ0n) is 15.8. The fourth-order valence-electron chi connectivity index (χ4n) is 2.79. The van der Waals surface area contributed by atoms with E-state index in [0.29, 0.717) is 10.6 Å². The average molecular weight is 410 g/mol. The highest BCUT2D eigenvalue weighted by molar-refractivity contribution is 6.30. The average Bonchev–Trinajstić information content (AvgIpc) is 2.73. The van der Waals surface area contributed by atoms with Gasteiger partial charge in [-0.15, -0.1) is 0 Å². The molecule has 0 aliphatic rings. The zero-order valence-corrected chi connectivity index (χ0v) is 16.5. The third kappa shape index (κ3) is 5.59. The Morgan fingerprint density at radius 2 is 1.48 bits per heavy atom. The van der Waals surface area contributed by atoms with E-state index in [9.17, 15) is 14.7 Å². The van der Waals surface area contributed by atoms with Crippen molar-refractivity contribution in [1.82, 2.24) is 5.32 Å². The van der Waals surface area contributed by atoms with Gasteiger partial charge < -0.3 is 15.2 Å². The molecule has 5 nitrogen and oxygen atoms in total. The van der Waals surface area contributed by atoms with Gasteiger partial charge in [-0.05, 0) is 60.0 Å². The van der Waals surface area contributed by atoms with E-state index >= 15 is 0 Å². The van der Waals surface area contributed by atoms with Crippen molar-refractivity contribution in [3.63, 3.8) is 0 Å². The number of hydrogen-bond acceptors (Lipinski definition) is 4. The fraction of sp³-hybridized carbons (Fsp3) is 0.130. The number of hydrogen-bond donors (Lipinski definition) is 2. The Morgan fingerprint density at radius 1 is 0.931 bits per heavy atom. The minimum absolute atomic E-state index is 0.192. The molecule has 1 amide bonds. The van der Waals surface area contributed by atoms with E-state index in [2.05, 4.69) is 5.32 Å². The molecule has 29 heavy (non-hydrogen) atoms. The van der Waals surface area contributed by atoms with Crippen LogP contribution in [-0.4, -0.2) is 23.6 Å². The van der Waals surface area contributed by atoms with Crippen molar-refractivity contribution in [3.8, 4) is 16.9 Å². The summed E-state index contributed by atoms with van der Waals surface area (Å²) in [5, 5.41) is 12.8. The second kappa shape index (κ2) is 9.26. The van der Waals surface area contributed by atoms with Crippen molar-refractivity contribution in [2.24, 2.45) is 0 Å². The molecule has 3 aromatic rings. The molecular formula is C23H20ClNO4. The number of phenolic OH excluding ortho intramolecular Hbond substituents is 1. The van der Waals surface area contributed by atoms with Crippen molar-refractivity contribution < 1.29 is 19.4 Å². The van der Waals surface area contributed by atoms with E-state index in [4.69, 9.17) is 16.3 Å². The molecule has 1 atom stereocenters. The Balaban J connectivity index is 1.52. The molecule has 2 N–H and O–H groups in total. The lowest BCUT2D eigenvalue weighted by Crippen LogP contribution is -2.31. The number of ether oxygens (including phenoxy) is 1. The number of esters is 1. The van der Waals surface area contributed by atoms with Gasteiger partial charge >= 0.3 is 5.97 Å². The zero-order chi connectivity index (χ0) is 20.8. The Bertz CT molecular complexity index is 983. The number of rotatable bonds is 6. The molecule has 3 aromatic carbocycles. The molecule has 0 aliphatic carbocycles. The molecule has 148 valence electrons. The Hall–Kier alpha value is -3.31. The van der Waals surface area contributed by atoms with Gasteiger partial charge in [0.15, 0.2) is 6.61 Å². The van der Waals surface area contributed by atoms with Gasteiger partial charge in [-0.3, -0.25) is 4.79 Å². The monoisotopic (exact) mass is 409 g/mol. The molecule has 0 aliphatic heterocycles. The number of benzene rings is 3. The van der Waals surface area contributed by atoms with Crippen LogP contribution in [0.5, 0.6) is 5.75 Å². The van der Waals surface area contributed by atoms with E-state index in [0.717, 1.165) is 16.7 Å². The standard InChI is InChI=1S/C23H20ClNO4/c1-15(16-6-10-20(24)11-7-16)25-22(27)14-29-23(28)19-4-2-17(3-5-19)18-8-12-21(26)13-9-18/h2-13,15,26H,14H2,1H3,(H,25,27)/t15-/m1/s1. The third-order valence-electron chi connectivity index (χ3n) is 4.40. The second-order valence-electron chi connectivity index (χ2n) is 6.54. The van der Waals surface area contributed by atoms with Gasteiger partial charge in [0.25, 0.3) is 5.91 Å². The Morgan fingerprint density at radius 3 is 2.07 bits per heavy atom. The van der Waals surface area contributed by atoms with Crippen LogP contribution in [0.3, 0.4) is 0 Å². The molecule has 0 unspecified atom stereocenters. The normalized spacial score (nSPS) is 11.5. The number of carbonyl (C=O) groups is 2. The summed E-state index contributed by atoms with van der Waals surface area (Å²) < 4.78 is 5.10. The van der Waals surface area contributed by atoms with E-state index in [-0.39, 0.29) is 24.3 Å². The van der Waals surface area contributed by atoms with E-state index in [1.54, 1.807) is 60.7 Å². The predicted molar refractivity (Wildman–Crippen MR) is 112 cm³/mol. The van der Waals surface area contributed by atoms with E-state index in [1.165, 1.54) is 0 Å². The summed E-state index contributed by atoms with van der Waals surface area (Å²) in [6.07, 6.45) is 0. The first kappa shape index (κ1) is 20.4. The van der Waals surface area contributed by atoms with Gasteiger partial charge in [0.2, 0.25) is 0 Å². The van der Waals surface area contributed by atoms with Crippen molar-refractivity contribution in [1.29, 1.82) is 0 Å². The fourth-order valence-corrected chi connectivity index (χ4v) is 2.91. The van der Waals surface area contributed by atoms with Crippen LogP contribution >= 0.6 is 11.6 Å². The minimum Gasteiger partial charge on any atom is -0.508 e. The first-order chi connectivity index (χ1) is 13.9. The summed E-state index contributed by atoms with van der Waals surface area (Å²) >= 11 is 5.86. The quantitative estimate of drug-likeness (QED) is 0.576. The van der Waals surface area contributed by atoms with Crippen molar-refractivity contribution >= 4 is 23.5 Å². The lowest BCUT2D eigenvalue weighted by Gasteiger charge is -2.14. The highest BCUT2D eigenvalue weighted by Gasteiger charge is 2.13. The Kier molecular flexibility index (Phi) is 6.52. The molecule has 3 rings (SSSR count). The summed E-state index contributed by atoms with van der Waals surface area (Å²) in [7, 11) is 0. The summed E-state index contributed by atoms with van der Waals surface area (Å²) in [6.45, 7) is 1.47. The van der Waals surface area contributed by atoms with Crippen molar-refractivity contribution in [3.05, 3.63) is 88.9 Å². The van der Waals surface area contributed by atoms with Gasteiger partial charge in [0.1, 0.15) is 5.75 Å². The van der Waals surface area contributed by atoms with E-state index in [1.807, 2.05) is 19.1 Å². The summed E-state index contributed by atoms with van der Waals surface area (Å²) in [5.74, 6) is -0.768. The largest absolute Gasteiger partial charge is 0.508 e. The number of halogens is 1. The van der Waals surface area contributed by atoms with Crippen LogP contribution in [-0.2, 0) is 9.53 Å². The van der Waals surface area contributed by atoms with Gasteiger partial charge in [0.05, 0.1) is 11.6 Å². The molecule has 0 bridgehead atoms. The maximum Gasteiger partial charge on any atom is 0.338 e. The van der Waals surface area contributed by atoms with E-state index < -0.39 is 5.97 Å².